The molecule has 2 unspecified atom stereocenters. The number of hydrogen-bond donors (Lipinski definition) is 1. The summed E-state index contributed by atoms with van der Waals surface area (Å²) in [4.78, 5) is 12.8. The highest BCUT2D eigenvalue weighted by atomic mass is 16.5. The molecule has 0 bridgehead atoms. The zero-order chi connectivity index (χ0) is 20.3. The zero-order valence-electron chi connectivity index (χ0n) is 16.9. The molecule has 6 heteroatoms. The molecule has 28 heavy (non-hydrogen) atoms. The molecule has 6 nitrogen and oxygen atoms in total. The Balaban J connectivity index is 1.72. The molecule has 0 saturated heterocycles. The second kappa shape index (κ2) is 8.00. The minimum atomic E-state index is -0.638. The van der Waals surface area contributed by atoms with Crippen molar-refractivity contribution in [1.29, 1.82) is 0 Å². The van der Waals surface area contributed by atoms with Gasteiger partial charge in [-0.25, -0.2) is 0 Å². The molecule has 0 aliphatic carbocycles. The SMILES string of the molecule is COc1ccc(OC(C)C(=O)NC2CC(C)(C)Oc3cc(OC)ccc32)cc1. The predicted octanol–water partition coefficient (Wildman–Crippen LogP) is 3.89. The number of ether oxygens (including phenoxy) is 4. The predicted molar refractivity (Wildman–Crippen MR) is 106 cm³/mol. The van der Waals surface area contributed by atoms with Crippen molar-refractivity contribution < 1.29 is 23.7 Å². The second-order valence-electron chi connectivity index (χ2n) is 7.47. The van der Waals surface area contributed by atoms with Crippen LogP contribution in [0.2, 0.25) is 0 Å². The first kappa shape index (κ1) is 19.9. The summed E-state index contributed by atoms with van der Waals surface area (Å²) in [5.41, 5.74) is 0.530. The van der Waals surface area contributed by atoms with E-state index in [1.54, 1.807) is 45.4 Å². The molecule has 150 valence electrons. The Hall–Kier alpha value is -2.89. The fraction of sp³-hybridized carbons (Fsp3) is 0.409. The molecule has 0 fully saturated rings. The normalized spacial score (nSPS) is 18.2. The summed E-state index contributed by atoms with van der Waals surface area (Å²) in [6.07, 6.45) is 0.0221. The molecule has 1 heterocycles. The number of amides is 1. The summed E-state index contributed by atoms with van der Waals surface area (Å²) in [6.45, 7) is 5.75. The van der Waals surface area contributed by atoms with Crippen LogP contribution in [-0.4, -0.2) is 31.8 Å². The molecule has 1 N–H and O–H groups in total. The van der Waals surface area contributed by atoms with Crippen molar-refractivity contribution in [1.82, 2.24) is 5.32 Å². The first-order chi connectivity index (χ1) is 13.3. The minimum Gasteiger partial charge on any atom is -0.497 e. The van der Waals surface area contributed by atoms with Crippen molar-refractivity contribution in [2.75, 3.05) is 14.2 Å². The fourth-order valence-corrected chi connectivity index (χ4v) is 3.29. The van der Waals surface area contributed by atoms with Gasteiger partial charge in [-0.1, -0.05) is 0 Å². The Kier molecular flexibility index (Phi) is 5.68. The van der Waals surface area contributed by atoms with Gasteiger partial charge < -0.3 is 24.3 Å². The molecular formula is C22H27NO5. The van der Waals surface area contributed by atoms with Gasteiger partial charge in [0, 0.05) is 18.1 Å². The minimum absolute atomic E-state index is 0.168. The highest BCUT2D eigenvalue weighted by molar-refractivity contribution is 5.81. The molecule has 1 amide bonds. The van der Waals surface area contributed by atoms with E-state index < -0.39 is 11.7 Å². The lowest BCUT2D eigenvalue weighted by atomic mass is 9.89. The molecule has 2 aromatic carbocycles. The van der Waals surface area contributed by atoms with Crippen LogP contribution in [0.15, 0.2) is 42.5 Å². The molecule has 0 aromatic heterocycles. The average Bonchev–Trinajstić information content (AvgIpc) is 2.67. The molecule has 0 spiro atoms. The first-order valence-corrected chi connectivity index (χ1v) is 9.29. The standard InChI is InChI=1S/C22H27NO5/c1-14(27-16-8-6-15(25-4)7-9-16)21(24)23-19-13-22(2,3)28-20-12-17(26-5)10-11-18(19)20/h6-12,14,19H,13H2,1-5H3,(H,23,24). The summed E-state index contributed by atoms with van der Waals surface area (Å²) in [5, 5.41) is 3.10. The first-order valence-electron chi connectivity index (χ1n) is 9.29. The molecule has 3 rings (SSSR count). The number of hydrogen-bond acceptors (Lipinski definition) is 5. The van der Waals surface area contributed by atoms with E-state index in [1.165, 1.54) is 0 Å². The lowest BCUT2D eigenvalue weighted by Gasteiger charge is -2.38. The van der Waals surface area contributed by atoms with E-state index in [1.807, 2.05) is 32.0 Å². The lowest BCUT2D eigenvalue weighted by Crippen LogP contribution is -2.44. The number of nitrogens with one attached hydrogen (secondary N) is 1. The van der Waals surface area contributed by atoms with Gasteiger partial charge in [0.25, 0.3) is 5.91 Å². The van der Waals surface area contributed by atoms with Crippen LogP contribution < -0.4 is 24.3 Å². The quantitative estimate of drug-likeness (QED) is 0.817. The van der Waals surface area contributed by atoms with E-state index in [0.717, 1.165) is 22.8 Å². The molecule has 1 aliphatic heterocycles. The van der Waals surface area contributed by atoms with Crippen molar-refractivity contribution in [3.8, 4) is 23.0 Å². The Morgan fingerprint density at radius 3 is 2.32 bits per heavy atom. The van der Waals surface area contributed by atoms with Crippen LogP contribution in [0.5, 0.6) is 23.0 Å². The molecular weight excluding hydrogens is 358 g/mol. The van der Waals surface area contributed by atoms with Crippen LogP contribution in [0.4, 0.5) is 0 Å². The van der Waals surface area contributed by atoms with E-state index in [0.29, 0.717) is 12.2 Å². The van der Waals surface area contributed by atoms with Crippen molar-refractivity contribution in [3.63, 3.8) is 0 Å². The van der Waals surface area contributed by atoms with Gasteiger partial charge >= 0.3 is 0 Å². The number of rotatable bonds is 6. The molecule has 2 aromatic rings. The number of benzene rings is 2. The van der Waals surface area contributed by atoms with E-state index in [-0.39, 0.29) is 11.9 Å². The van der Waals surface area contributed by atoms with Gasteiger partial charge in [0.15, 0.2) is 6.10 Å². The van der Waals surface area contributed by atoms with E-state index in [2.05, 4.69) is 5.32 Å². The van der Waals surface area contributed by atoms with Gasteiger partial charge in [0.2, 0.25) is 0 Å². The summed E-state index contributed by atoms with van der Waals surface area (Å²) in [5.74, 6) is 2.62. The van der Waals surface area contributed by atoms with Crippen molar-refractivity contribution in [2.45, 2.75) is 44.9 Å². The summed E-state index contributed by atoms with van der Waals surface area (Å²) in [7, 11) is 3.22. The van der Waals surface area contributed by atoms with Crippen LogP contribution in [0.3, 0.4) is 0 Å². The van der Waals surface area contributed by atoms with Crippen molar-refractivity contribution in [2.24, 2.45) is 0 Å². The van der Waals surface area contributed by atoms with E-state index in [4.69, 9.17) is 18.9 Å². The Morgan fingerprint density at radius 1 is 1.07 bits per heavy atom. The molecule has 0 radical (unpaired) electrons. The Labute approximate surface area is 165 Å². The third kappa shape index (κ3) is 4.50. The van der Waals surface area contributed by atoms with Crippen molar-refractivity contribution in [3.05, 3.63) is 48.0 Å². The maximum absolute atomic E-state index is 12.8. The number of carbonyl (C=O) groups excluding carboxylic acids is 1. The van der Waals surface area contributed by atoms with E-state index >= 15 is 0 Å². The molecule has 0 saturated carbocycles. The summed E-state index contributed by atoms with van der Waals surface area (Å²) in [6, 6.07) is 12.6. The number of fused-ring (bicyclic) bond motifs is 1. The fourth-order valence-electron chi connectivity index (χ4n) is 3.29. The van der Waals surface area contributed by atoms with Crippen LogP contribution in [0.25, 0.3) is 0 Å². The maximum Gasteiger partial charge on any atom is 0.261 e. The number of carbonyl (C=O) groups is 1. The van der Waals surface area contributed by atoms with Gasteiger partial charge in [0.05, 0.1) is 20.3 Å². The van der Waals surface area contributed by atoms with Crippen LogP contribution in [0.1, 0.15) is 38.8 Å². The smallest absolute Gasteiger partial charge is 0.261 e. The molecule has 2 atom stereocenters. The van der Waals surface area contributed by atoms with Crippen LogP contribution in [0, 0.1) is 0 Å². The van der Waals surface area contributed by atoms with Gasteiger partial charge in [-0.05, 0) is 57.2 Å². The van der Waals surface area contributed by atoms with Gasteiger partial charge in [-0.15, -0.1) is 0 Å². The third-order valence-electron chi connectivity index (χ3n) is 4.74. The van der Waals surface area contributed by atoms with Gasteiger partial charge in [-0.3, -0.25) is 4.79 Å². The third-order valence-corrected chi connectivity index (χ3v) is 4.74. The Bertz CT molecular complexity index is 831. The highest BCUT2D eigenvalue weighted by Crippen LogP contribution is 2.41. The van der Waals surface area contributed by atoms with Gasteiger partial charge in [0.1, 0.15) is 28.6 Å². The van der Waals surface area contributed by atoms with Crippen LogP contribution >= 0.6 is 0 Å². The Morgan fingerprint density at radius 2 is 1.68 bits per heavy atom. The zero-order valence-corrected chi connectivity index (χ0v) is 16.9. The summed E-state index contributed by atoms with van der Waals surface area (Å²) >= 11 is 0. The lowest BCUT2D eigenvalue weighted by molar-refractivity contribution is -0.128. The maximum atomic E-state index is 12.8. The van der Waals surface area contributed by atoms with Gasteiger partial charge in [-0.2, -0.15) is 0 Å². The topological polar surface area (TPSA) is 66.0 Å². The largest absolute Gasteiger partial charge is 0.497 e. The van der Waals surface area contributed by atoms with Crippen LogP contribution in [-0.2, 0) is 4.79 Å². The highest BCUT2D eigenvalue weighted by Gasteiger charge is 2.35. The van der Waals surface area contributed by atoms with Crippen molar-refractivity contribution >= 4 is 5.91 Å². The molecule has 1 aliphatic rings. The summed E-state index contributed by atoms with van der Waals surface area (Å²) < 4.78 is 22.3. The second-order valence-corrected chi connectivity index (χ2v) is 7.47. The van der Waals surface area contributed by atoms with E-state index in [9.17, 15) is 4.79 Å². The monoisotopic (exact) mass is 385 g/mol. The average molecular weight is 385 g/mol. The number of methoxy groups -OCH3 is 2.